The van der Waals surface area contributed by atoms with Crippen LogP contribution in [0.2, 0.25) is 0 Å². The van der Waals surface area contributed by atoms with Crippen LogP contribution in [-0.2, 0) is 14.3 Å². The maximum atomic E-state index is 11.8. The van der Waals surface area contributed by atoms with Crippen molar-refractivity contribution < 1.29 is 19.4 Å². The number of carbonyl (C=O) groups excluding carboxylic acids is 1. The number of carboxylic acid groups (broad SMARTS) is 1. The molecule has 0 bridgehead atoms. The second-order valence-electron chi connectivity index (χ2n) is 14.3. The Morgan fingerprint density at radius 3 is 1.40 bits per heavy atom. The molecule has 4 heteroatoms. The summed E-state index contributed by atoms with van der Waals surface area (Å²) in [5.41, 5.74) is 1.38. The molecule has 4 nitrogen and oxygen atoms in total. The van der Waals surface area contributed by atoms with Crippen molar-refractivity contribution in [3.8, 4) is 0 Å². The standard InChI is InChI=1S/C28H50O2.C18H32O2/c1-5-6-7-8-9-10-11-12-13-14-15-16-17-18-19-23-28(29)30-25-24-27(4)22-20-21-26(2)3;1-2-3-4-5-6-7-8-9-10-11-12-13-14-15-16-17-18(19)20/h9-10,12-13,21,27H,5-8,11,14-20,22-25H2,1-4H3;6-7,9-10H,2-5,8,11-17H2,1H3,(H,19,20)/b10-9-,13-12-;7-6-,10-9-. The Labute approximate surface area is 311 Å². The summed E-state index contributed by atoms with van der Waals surface area (Å²) in [6, 6.07) is 0. The van der Waals surface area contributed by atoms with Crippen LogP contribution in [0.3, 0.4) is 0 Å². The van der Waals surface area contributed by atoms with Crippen LogP contribution in [0, 0.1) is 5.92 Å². The van der Waals surface area contributed by atoms with E-state index >= 15 is 0 Å². The first-order valence-corrected chi connectivity index (χ1v) is 20.9. The summed E-state index contributed by atoms with van der Waals surface area (Å²) < 4.78 is 5.39. The summed E-state index contributed by atoms with van der Waals surface area (Å²) in [6.07, 6.45) is 50.9. The average molecular weight is 699 g/mol. The topological polar surface area (TPSA) is 63.6 Å². The number of aliphatic carboxylic acids is 1. The molecular formula is C46H82O4. The third-order valence-corrected chi connectivity index (χ3v) is 8.76. The zero-order valence-corrected chi connectivity index (χ0v) is 33.7. The van der Waals surface area contributed by atoms with Gasteiger partial charge in [0.1, 0.15) is 0 Å². The molecule has 290 valence electrons. The first kappa shape index (κ1) is 49.8. The highest BCUT2D eigenvalue weighted by Crippen LogP contribution is 2.13. The van der Waals surface area contributed by atoms with Crippen molar-refractivity contribution in [2.24, 2.45) is 5.92 Å². The molecule has 0 aliphatic carbocycles. The zero-order chi connectivity index (χ0) is 37.2. The summed E-state index contributed by atoms with van der Waals surface area (Å²) in [6.45, 7) is 11.6. The van der Waals surface area contributed by atoms with E-state index in [1.165, 1.54) is 108 Å². The Kier molecular flexibility index (Phi) is 42.6. The van der Waals surface area contributed by atoms with Crippen LogP contribution in [0.4, 0.5) is 0 Å². The van der Waals surface area contributed by atoms with Crippen molar-refractivity contribution in [2.75, 3.05) is 6.61 Å². The van der Waals surface area contributed by atoms with E-state index in [1.54, 1.807) is 0 Å². The SMILES string of the molecule is CCCCC/C=C\C/C=C\CCCCCCCC(=O)O.CCCCC/C=C\C/C=C\CCCCCCCC(=O)OCCC(C)CCC=C(C)C. The Bertz CT molecular complexity index is 875. The molecule has 50 heavy (non-hydrogen) atoms. The largest absolute Gasteiger partial charge is 0.481 e. The van der Waals surface area contributed by atoms with Crippen molar-refractivity contribution >= 4 is 11.9 Å². The number of ether oxygens (including phenoxy) is 1. The molecule has 0 heterocycles. The number of hydrogen-bond acceptors (Lipinski definition) is 3. The van der Waals surface area contributed by atoms with Gasteiger partial charge in [0.2, 0.25) is 0 Å². The number of carboxylic acids is 1. The minimum Gasteiger partial charge on any atom is -0.481 e. The molecular weight excluding hydrogens is 617 g/mol. The van der Waals surface area contributed by atoms with Crippen LogP contribution in [0.15, 0.2) is 60.3 Å². The lowest BCUT2D eigenvalue weighted by Gasteiger charge is -2.10. The maximum Gasteiger partial charge on any atom is 0.305 e. The molecule has 0 aliphatic rings. The van der Waals surface area contributed by atoms with Crippen molar-refractivity contribution in [3.05, 3.63) is 60.3 Å². The van der Waals surface area contributed by atoms with E-state index in [0.717, 1.165) is 57.8 Å². The average Bonchev–Trinajstić information content (AvgIpc) is 3.08. The second-order valence-corrected chi connectivity index (χ2v) is 14.3. The molecule has 1 unspecified atom stereocenters. The molecule has 0 fully saturated rings. The van der Waals surface area contributed by atoms with Gasteiger partial charge in [0.25, 0.3) is 0 Å². The molecule has 0 aromatic carbocycles. The van der Waals surface area contributed by atoms with Crippen LogP contribution in [0.5, 0.6) is 0 Å². The van der Waals surface area contributed by atoms with Gasteiger partial charge in [-0.1, -0.05) is 145 Å². The Morgan fingerprint density at radius 1 is 0.540 bits per heavy atom. The first-order chi connectivity index (χ1) is 24.3. The van der Waals surface area contributed by atoms with Gasteiger partial charge >= 0.3 is 11.9 Å². The van der Waals surface area contributed by atoms with Crippen molar-refractivity contribution in [1.29, 1.82) is 0 Å². The number of unbranched alkanes of at least 4 members (excludes halogenated alkanes) is 16. The smallest absolute Gasteiger partial charge is 0.305 e. The van der Waals surface area contributed by atoms with E-state index < -0.39 is 5.97 Å². The minimum atomic E-state index is -0.671. The Morgan fingerprint density at radius 2 is 0.960 bits per heavy atom. The molecule has 0 radical (unpaired) electrons. The molecule has 0 amide bonds. The number of allylic oxidation sites excluding steroid dienone is 10. The van der Waals surface area contributed by atoms with E-state index in [-0.39, 0.29) is 5.97 Å². The van der Waals surface area contributed by atoms with Gasteiger partial charge in [-0.05, 0) is 116 Å². The monoisotopic (exact) mass is 699 g/mol. The number of carbonyl (C=O) groups is 2. The second kappa shape index (κ2) is 42.8. The van der Waals surface area contributed by atoms with E-state index in [4.69, 9.17) is 9.84 Å². The van der Waals surface area contributed by atoms with Crippen LogP contribution < -0.4 is 0 Å². The predicted octanol–water partition coefficient (Wildman–Crippen LogP) is 15.0. The molecule has 0 saturated carbocycles. The summed E-state index contributed by atoms with van der Waals surface area (Å²) in [4.78, 5) is 22.1. The van der Waals surface area contributed by atoms with Crippen molar-refractivity contribution in [1.82, 2.24) is 0 Å². The highest BCUT2D eigenvalue weighted by Gasteiger charge is 2.06. The Hall–Kier alpha value is -2.36. The highest BCUT2D eigenvalue weighted by atomic mass is 16.5. The molecule has 0 aliphatic heterocycles. The molecule has 1 N–H and O–H groups in total. The van der Waals surface area contributed by atoms with Gasteiger partial charge in [0, 0.05) is 12.8 Å². The fourth-order valence-electron chi connectivity index (χ4n) is 5.42. The van der Waals surface area contributed by atoms with Crippen LogP contribution >= 0.6 is 0 Å². The van der Waals surface area contributed by atoms with Gasteiger partial charge in [-0.2, -0.15) is 0 Å². The summed E-state index contributed by atoms with van der Waals surface area (Å²) >= 11 is 0. The summed E-state index contributed by atoms with van der Waals surface area (Å²) in [7, 11) is 0. The van der Waals surface area contributed by atoms with E-state index in [0.29, 0.717) is 25.4 Å². The van der Waals surface area contributed by atoms with Gasteiger partial charge in [-0.15, -0.1) is 0 Å². The lowest BCUT2D eigenvalue weighted by Crippen LogP contribution is -2.08. The Balaban J connectivity index is 0. The highest BCUT2D eigenvalue weighted by molar-refractivity contribution is 5.69. The lowest BCUT2D eigenvalue weighted by molar-refractivity contribution is -0.144. The van der Waals surface area contributed by atoms with Crippen molar-refractivity contribution in [3.63, 3.8) is 0 Å². The summed E-state index contributed by atoms with van der Waals surface area (Å²) in [5, 5.41) is 8.50. The molecule has 0 aromatic heterocycles. The van der Waals surface area contributed by atoms with E-state index in [1.807, 2.05) is 0 Å². The quantitative estimate of drug-likeness (QED) is 0.0413. The van der Waals surface area contributed by atoms with Gasteiger partial charge in [-0.25, -0.2) is 0 Å². The van der Waals surface area contributed by atoms with Crippen LogP contribution in [0.1, 0.15) is 208 Å². The van der Waals surface area contributed by atoms with Gasteiger partial charge < -0.3 is 9.84 Å². The number of hydrogen-bond donors (Lipinski definition) is 1. The first-order valence-electron chi connectivity index (χ1n) is 20.9. The van der Waals surface area contributed by atoms with E-state index in [9.17, 15) is 9.59 Å². The molecule has 0 saturated heterocycles. The molecule has 0 rings (SSSR count). The number of rotatable bonds is 34. The molecule has 0 aromatic rings. The zero-order valence-electron chi connectivity index (χ0n) is 33.7. The van der Waals surface area contributed by atoms with Gasteiger partial charge in [-0.3, -0.25) is 9.59 Å². The molecule has 1 atom stereocenters. The third kappa shape index (κ3) is 47.8. The third-order valence-electron chi connectivity index (χ3n) is 8.76. The maximum absolute atomic E-state index is 11.8. The fourth-order valence-corrected chi connectivity index (χ4v) is 5.42. The lowest BCUT2D eigenvalue weighted by atomic mass is 10.0. The fraction of sp³-hybridized carbons (Fsp3) is 0.739. The van der Waals surface area contributed by atoms with Crippen LogP contribution in [0.25, 0.3) is 0 Å². The van der Waals surface area contributed by atoms with E-state index in [2.05, 4.69) is 89.3 Å². The number of esters is 1. The predicted molar refractivity (Wildman–Crippen MR) is 220 cm³/mol. The van der Waals surface area contributed by atoms with Gasteiger partial charge in [0.15, 0.2) is 0 Å². The van der Waals surface area contributed by atoms with Gasteiger partial charge in [0.05, 0.1) is 6.61 Å². The summed E-state index contributed by atoms with van der Waals surface area (Å²) in [5.74, 6) is -0.0721. The minimum absolute atomic E-state index is 0.0165. The van der Waals surface area contributed by atoms with Crippen molar-refractivity contribution in [2.45, 2.75) is 208 Å². The molecule has 0 spiro atoms. The normalized spacial score (nSPS) is 12.2. The van der Waals surface area contributed by atoms with Crippen LogP contribution in [-0.4, -0.2) is 23.7 Å².